The van der Waals surface area contributed by atoms with Gasteiger partial charge in [0.15, 0.2) is 10.4 Å². The third-order valence-electron chi connectivity index (χ3n) is 5.35. The monoisotopic (exact) mass is 453 g/mol. The molecule has 0 aliphatic carbocycles. The lowest BCUT2D eigenvalue weighted by molar-refractivity contribution is 0.0922. The smallest absolute Gasteiger partial charge is 0.287 e. The van der Waals surface area contributed by atoms with E-state index in [2.05, 4.69) is 79.6 Å². The molecule has 1 atom stereocenters. The fourth-order valence-electron chi connectivity index (χ4n) is 3.80. The lowest BCUT2D eigenvalue weighted by Gasteiger charge is -2.31. The van der Waals surface area contributed by atoms with Crippen LogP contribution in [-0.4, -0.2) is 33.1 Å². The SMILES string of the molecule is CN(C)c1ccc([C@H](CNC(=O)c2ccc(Br)o2)N2CCc3ccccc32)cc1. The Morgan fingerprint density at radius 3 is 2.59 bits per heavy atom. The number of furan rings is 1. The topological polar surface area (TPSA) is 48.7 Å². The van der Waals surface area contributed by atoms with Crippen LogP contribution >= 0.6 is 15.9 Å². The molecule has 1 aromatic heterocycles. The van der Waals surface area contributed by atoms with E-state index in [4.69, 9.17) is 4.42 Å². The Morgan fingerprint density at radius 1 is 1.14 bits per heavy atom. The first-order valence-corrected chi connectivity index (χ1v) is 10.5. The molecule has 0 fully saturated rings. The number of nitrogens with one attached hydrogen (secondary N) is 1. The largest absolute Gasteiger partial charge is 0.444 e. The number of carbonyl (C=O) groups is 1. The van der Waals surface area contributed by atoms with E-state index in [0.717, 1.165) is 18.7 Å². The van der Waals surface area contributed by atoms with Gasteiger partial charge in [0.25, 0.3) is 5.91 Å². The van der Waals surface area contributed by atoms with Crippen molar-refractivity contribution in [2.24, 2.45) is 0 Å². The van der Waals surface area contributed by atoms with Crippen LogP contribution < -0.4 is 15.1 Å². The van der Waals surface area contributed by atoms with Crippen LogP contribution in [0.5, 0.6) is 0 Å². The van der Waals surface area contributed by atoms with Gasteiger partial charge in [-0.25, -0.2) is 0 Å². The second kappa shape index (κ2) is 8.33. The minimum Gasteiger partial charge on any atom is -0.444 e. The van der Waals surface area contributed by atoms with Crippen LogP contribution in [0.1, 0.15) is 27.7 Å². The van der Waals surface area contributed by atoms with E-state index < -0.39 is 0 Å². The summed E-state index contributed by atoms with van der Waals surface area (Å²) in [5.41, 5.74) is 4.92. The molecule has 3 aromatic rings. The van der Waals surface area contributed by atoms with Gasteiger partial charge in [-0.3, -0.25) is 4.79 Å². The van der Waals surface area contributed by atoms with Gasteiger partial charge in [0.1, 0.15) is 0 Å². The second-order valence-corrected chi connectivity index (χ2v) is 8.17. The number of para-hydroxylation sites is 1. The van der Waals surface area contributed by atoms with Crippen molar-refractivity contribution in [2.45, 2.75) is 12.5 Å². The van der Waals surface area contributed by atoms with Gasteiger partial charge in [-0.2, -0.15) is 0 Å². The molecular weight excluding hydrogens is 430 g/mol. The number of hydrogen-bond acceptors (Lipinski definition) is 4. The molecule has 2 aromatic carbocycles. The molecule has 1 aliphatic heterocycles. The molecule has 4 rings (SSSR count). The van der Waals surface area contributed by atoms with Crippen molar-refractivity contribution in [3.63, 3.8) is 0 Å². The van der Waals surface area contributed by atoms with E-state index in [9.17, 15) is 4.79 Å². The third kappa shape index (κ3) is 4.17. The molecule has 0 radical (unpaired) electrons. The van der Waals surface area contributed by atoms with E-state index in [-0.39, 0.29) is 11.9 Å². The maximum Gasteiger partial charge on any atom is 0.287 e. The van der Waals surface area contributed by atoms with Crippen molar-refractivity contribution in [1.82, 2.24) is 5.32 Å². The Balaban J connectivity index is 1.60. The Kier molecular flexibility index (Phi) is 5.62. The fraction of sp³-hybridized carbons (Fsp3) is 0.261. The minimum atomic E-state index is -0.210. The van der Waals surface area contributed by atoms with E-state index >= 15 is 0 Å². The summed E-state index contributed by atoms with van der Waals surface area (Å²) in [6.07, 6.45) is 1.02. The molecule has 29 heavy (non-hydrogen) atoms. The van der Waals surface area contributed by atoms with Crippen molar-refractivity contribution in [2.75, 3.05) is 37.0 Å². The quantitative estimate of drug-likeness (QED) is 0.590. The number of halogens is 1. The highest BCUT2D eigenvalue weighted by Crippen LogP contribution is 2.35. The molecule has 0 unspecified atom stereocenters. The molecule has 0 saturated carbocycles. The molecular formula is C23H24BrN3O2. The number of rotatable bonds is 6. The Labute approximate surface area is 179 Å². The molecule has 6 heteroatoms. The van der Waals surface area contributed by atoms with Crippen LogP contribution in [-0.2, 0) is 6.42 Å². The van der Waals surface area contributed by atoms with E-state index in [1.54, 1.807) is 12.1 Å². The van der Waals surface area contributed by atoms with Gasteiger partial charge >= 0.3 is 0 Å². The van der Waals surface area contributed by atoms with Crippen LogP contribution in [0.15, 0.2) is 69.8 Å². The molecule has 1 aliphatic rings. The summed E-state index contributed by atoms with van der Waals surface area (Å²) in [5, 5.41) is 3.05. The zero-order valence-corrected chi connectivity index (χ0v) is 18.1. The summed E-state index contributed by atoms with van der Waals surface area (Å²) in [7, 11) is 4.07. The molecule has 5 nitrogen and oxygen atoms in total. The zero-order valence-electron chi connectivity index (χ0n) is 16.6. The molecule has 0 bridgehead atoms. The third-order valence-corrected chi connectivity index (χ3v) is 5.77. The molecule has 150 valence electrons. The second-order valence-electron chi connectivity index (χ2n) is 7.39. The maximum atomic E-state index is 12.5. The fourth-order valence-corrected chi connectivity index (χ4v) is 4.11. The van der Waals surface area contributed by atoms with Crippen molar-refractivity contribution in [1.29, 1.82) is 0 Å². The summed E-state index contributed by atoms with van der Waals surface area (Å²) in [6.45, 7) is 1.43. The van der Waals surface area contributed by atoms with Crippen molar-refractivity contribution < 1.29 is 9.21 Å². The van der Waals surface area contributed by atoms with Crippen LogP contribution in [0.3, 0.4) is 0 Å². The lowest BCUT2D eigenvalue weighted by atomic mass is 10.0. The van der Waals surface area contributed by atoms with Gasteiger partial charge in [0.2, 0.25) is 0 Å². The molecule has 0 spiro atoms. The normalized spacial score (nSPS) is 13.8. The first-order chi connectivity index (χ1) is 14.0. The van der Waals surface area contributed by atoms with Gasteiger partial charge in [-0.1, -0.05) is 30.3 Å². The van der Waals surface area contributed by atoms with Crippen molar-refractivity contribution in [3.8, 4) is 0 Å². The molecule has 2 heterocycles. The standard InChI is InChI=1S/C23H24BrN3O2/c1-26(2)18-9-7-17(8-10-18)20(15-25-23(28)21-11-12-22(24)29-21)27-14-13-16-5-3-4-6-19(16)27/h3-12,20H,13-15H2,1-2H3,(H,25,28)/t20-/m0/s1. The number of fused-ring (bicyclic) bond motifs is 1. The van der Waals surface area contributed by atoms with Crippen LogP contribution in [0.25, 0.3) is 0 Å². The number of nitrogens with zero attached hydrogens (tertiary/aromatic N) is 2. The first kappa shape index (κ1) is 19.6. The van der Waals surface area contributed by atoms with Gasteiger partial charge < -0.3 is 19.5 Å². The first-order valence-electron chi connectivity index (χ1n) is 9.68. The number of benzene rings is 2. The summed E-state index contributed by atoms with van der Waals surface area (Å²) in [4.78, 5) is 17.0. The Hall–Kier alpha value is -2.73. The average molecular weight is 454 g/mol. The minimum absolute atomic E-state index is 0.0391. The summed E-state index contributed by atoms with van der Waals surface area (Å²) < 4.78 is 5.94. The van der Waals surface area contributed by atoms with E-state index in [1.165, 1.54) is 16.8 Å². The predicted molar refractivity (Wildman–Crippen MR) is 120 cm³/mol. The van der Waals surface area contributed by atoms with Crippen molar-refractivity contribution >= 4 is 33.2 Å². The Bertz CT molecular complexity index is 997. The highest BCUT2D eigenvalue weighted by atomic mass is 79.9. The van der Waals surface area contributed by atoms with Gasteiger partial charge in [-0.15, -0.1) is 0 Å². The lowest BCUT2D eigenvalue weighted by Crippen LogP contribution is -2.37. The number of hydrogen-bond donors (Lipinski definition) is 1. The van der Waals surface area contributed by atoms with Gasteiger partial charge in [0.05, 0.1) is 6.04 Å². The van der Waals surface area contributed by atoms with Crippen LogP contribution in [0, 0.1) is 0 Å². The molecule has 1 amide bonds. The van der Waals surface area contributed by atoms with Crippen LogP contribution in [0.4, 0.5) is 11.4 Å². The highest BCUT2D eigenvalue weighted by molar-refractivity contribution is 9.10. The number of anilines is 2. The predicted octanol–water partition coefficient (Wildman–Crippen LogP) is 4.64. The summed E-state index contributed by atoms with van der Waals surface area (Å²) in [5.74, 6) is 0.0958. The van der Waals surface area contributed by atoms with Gasteiger partial charge in [-0.05, 0) is 63.8 Å². The van der Waals surface area contributed by atoms with Crippen molar-refractivity contribution in [3.05, 3.63) is 82.2 Å². The van der Waals surface area contributed by atoms with Crippen LogP contribution in [0.2, 0.25) is 0 Å². The Morgan fingerprint density at radius 2 is 1.90 bits per heavy atom. The zero-order chi connectivity index (χ0) is 20.4. The molecule has 0 saturated heterocycles. The summed E-state index contributed by atoms with van der Waals surface area (Å²) in [6, 6.07) is 20.5. The van der Waals surface area contributed by atoms with E-state index in [1.807, 2.05) is 14.1 Å². The van der Waals surface area contributed by atoms with E-state index in [0.29, 0.717) is 17.0 Å². The number of amides is 1. The summed E-state index contributed by atoms with van der Waals surface area (Å²) >= 11 is 3.25. The average Bonchev–Trinajstić information content (AvgIpc) is 3.35. The number of carbonyl (C=O) groups excluding carboxylic acids is 1. The maximum absolute atomic E-state index is 12.5. The highest BCUT2D eigenvalue weighted by Gasteiger charge is 2.28. The van der Waals surface area contributed by atoms with Gasteiger partial charge in [0, 0.05) is 38.6 Å². The molecule has 1 N–H and O–H groups in total.